The number of furan rings is 1. The second kappa shape index (κ2) is 7.29. The highest BCUT2D eigenvalue weighted by Crippen LogP contribution is 2.27. The van der Waals surface area contributed by atoms with Gasteiger partial charge in [0.1, 0.15) is 11.3 Å². The molecule has 1 aromatic heterocycles. The Hall–Kier alpha value is -2.63. The normalized spacial score (nSPS) is 11.1. The topological polar surface area (TPSA) is 71.5 Å². The van der Waals surface area contributed by atoms with Crippen molar-refractivity contribution >= 4 is 16.9 Å². The number of fused-ring (bicyclic) bond motifs is 1. The van der Waals surface area contributed by atoms with Gasteiger partial charge in [-0.1, -0.05) is 55.5 Å². The van der Waals surface area contributed by atoms with Gasteiger partial charge in [0.2, 0.25) is 0 Å². The molecule has 0 bridgehead atoms. The van der Waals surface area contributed by atoms with E-state index in [1.165, 1.54) is 5.56 Å². The van der Waals surface area contributed by atoms with Crippen molar-refractivity contribution in [2.45, 2.75) is 20.0 Å². The highest BCUT2D eigenvalue weighted by atomic mass is 16.3. The number of nitrogens with one attached hydrogen (secondary N) is 1. The quantitative estimate of drug-likeness (QED) is 0.415. The van der Waals surface area contributed by atoms with Gasteiger partial charge >= 0.3 is 0 Å². The van der Waals surface area contributed by atoms with Crippen LogP contribution >= 0.6 is 0 Å². The monoisotopic (exact) mass is 323 g/mol. The van der Waals surface area contributed by atoms with Crippen molar-refractivity contribution in [3.05, 3.63) is 71.5 Å². The number of nitrogens with zero attached hydrogens (tertiary/aromatic N) is 1. The minimum Gasteiger partial charge on any atom is -0.459 e. The van der Waals surface area contributed by atoms with Crippen LogP contribution in [-0.2, 0) is 13.1 Å². The molecule has 0 radical (unpaired) electrons. The number of nitrogens with two attached hydrogens (primary N) is 1. The van der Waals surface area contributed by atoms with Gasteiger partial charge in [-0.25, -0.2) is 5.84 Å². The van der Waals surface area contributed by atoms with Gasteiger partial charge in [-0.05, 0) is 18.2 Å². The smallest absolute Gasteiger partial charge is 0.269 e. The third-order valence-corrected chi connectivity index (χ3v) is 4.09. The first-order valence-electron chi connectivity index (χ1n) is 8.00. The summed E-state index contributed by atoms with van der Waals surface area (Å²) in [6.45, 7) is 4.27. The lowest BCUT2D eigenvalue weighted by Gasteiger charge is -2.19. The number of carbonyl (C=O) groups excluding carboxylic acids is 1. The van der Waals surface area contributed by atoms with Crippen molar-refractivity contribution in [1.82, 2.24) is 10.3 Å². The Bertz CT molecular complexity index is 827. The first-order chi connectivity index (χ1) is 11.7. The van der Waals surface area contributed by atoms with Crippen molar-refractivity contribution in [2.75, 3.05) is 6.54 Å². The van der Waals surface area contributed by atoms with Crippen LogP contribution in [0.1, 0.15) is 28.6 Å². The Morgan fingerprint density at radius 3 is 2.50 bits per heavy atom. The van der Waals surface area contributed by atoms with Gasteiger partial charge in [0.05, 0.1) is 12.1 Å². The van der Waals surface area contributed by atoms with E-state index in [1.807, 2.05) is 42.5 Å². The first-order valence-corrected chi connectivity index (χ1v) is 8.00. The summed E-state index contributed by atoms with van der Waals surface area (Å²) in [6.07, 6.45) is 0. The van der Waals surface area contributed by atoms with Crippen LogP contribution in [0.2, 0.25) is 0 Å². The molecule has 1 heterocycles. The zero-order chi connectivity index (χ0) is 16.9. The van der Waals surface area contributed by atoms with Gasteiger partial charge in [-0.3, -0.25) is 15.1 Å². The molecule has 124 valence electrons. The van der Waals surface area contributed by atoms with Crippen LogP contribution in [0.15, 0.2) is 59.0 Å². The predicted octanol–water partition coefficient (Wildman–Crippen LogP) is 3.06. The van der Waals surface area contributed by atoms with Gasteiger partial charge < -0.3 is 4.42 Å². The Labute approximate surface area is 141 Å². The number of hydrazine groups is 1. The summed E-state index contributed by atoms with van der Waals surface area (Å²) in [5.74, 6) is 5.66. The van der Waals surface area contributed by atoms with E-state index in [9.17, 15) is 4.79 Å². The maximum atomic E-state index is 12.2. The first kappa shape index (κ1) is 16.2. The molecule has 0 saturated heterocycles. The second-order valence-electron chi connectivity index (χ2n) is 5.66. The molecule has 0 atom stereocenters. The zero-order valence-electron chi connectivity index (χ0n) is 13.7. The summed E-state index contributed by atoms with van der Waals surface area (Å²) >= 11 is 0. The van der Waals surface area contributed by atoms with Crippen LogP contribution in [0.5, 0.6) is 0 Å². The molecule has 0 saturated carbocycles. The van der Waals surface area contributed by atoms with E-state index in [2.05, 4.69) is 29.4 Å². The van der Waals surface area contributed by atoms with Gasteiger partial charge in [0.25, 0.3) is 5.91 Å². The molecule has 5 heteroatoms. The molecular formula is C19H21N3O2. The van der Waals surface area contributed by atoms with E-state index in [0.717, 1.165) is 18.5 Å². The van der Waals surface area contributed by atoms with Gasteiger partial charge in [-0.15, -0.1) is 0 Å². The molecule has 0 unspecified atom stereocenters. The van der Waals surface area contributed by atoms with Gasteiger partial charge in [0, 0.05) is 11.9 Å². The molecule has 0 aliphatic heterocycles. The summed E-state index contributed by atoms with van der Waals surface area (Å²) in [7, 11) is 0. The molecule has 0 aliphatic rings. The van der Waals surface area contributed by atoms with E-state index in [0.29, 0.717) is 23.5 Å². The largest absolute Gasteiger partial charge is 0.459 e. The van der Waals surface area contributed by atoms with E-state index >= 15 is 0 Å². The number of hydrogen-bond donors (Lipinski definition) is 2. The molecule has 0 spiro atoms. The van der Waals surface area contributed by atoms with Crippen LogP contribution in [0.25, 0.3) is 11.0 Å². The highest BCUT2D eigenvalue weighted by Gasteiger charge is 2.21. The molecule has 24 heavy (non-hydrogen) atoms. The summed E-state index contributed by atoms with van der Waals surface area (Å²) in [6, 6.07) is 17.7. The zero-order valence-corrected chi connectivity index (χ0v) is 13.7. The molecular weight excluding hydrogens is 302 g/mol. The summed E-state index contributed by atoms with van der Waals surface area (Å²) in [5.41, 5.74) is 4.66. The number of hydrogen-bond acceptors (Lipinski definition) is 4. The van der Waals surface area contributed by atoms with E-state index < -0.39 is 0 Å². The Balaban J connectivity index is 1.91. The Morgan fingerprint density at radius 2 is 1.79 bits per heavy atom. The lowest BCUT2D eigenvalue weighted by Crippen LogP contribution is -2.31. The van der Waals surface area contributed by atoms with Crippen LogP contribution in [0, 0.1) is 0 Å². The lowest BCUT2D eigenvalue weighted by atomic mass is 10.1. The fraction of sp³-hybridized carbons (Fsp3) is 0.211. The number of amides is 1. The maximum Gasteiger partial charge on any atom is 0.269 e. The van der Waals surface area contributed by atoms with E-state index in [-0.39, 0.29) is 5.91 Å². The number of benzene rings is 2. The Morgan fingerprint density at radius 1 is 1.08 bits per heavy atom. The number of carbonyl (C=O) groups is 1. The van der Waals surface area contributed by atoms with Crippen LogP contribution in [-0.4, -0.2) is 17.4 Å². The van der Waals surface area contributed by atoms with E-state index in [1.54, 1.807) is 0 Å². The molecule has 0 aliphatic carbocycles. The predicted molar refractivity (Wildman–Crippen MR) is 94.1 cm³/mol. The van der Waals surface area contributed by atoms with E-state index in [4.69, 9.17) is 10.3 Å². The molecule has 1 amide bonds. The van der Waals surface area contributed by atoms with Crippen molar-refractivity contribution in [3.63, 3.8) is 0 Å². The van der Waals surface area contributed by atoms with Crippen molar-refractivity contribution in [3.8, 4) is 0 Å². The maximum absolute atomic E-state index is 12.2. The Kier molecular flexibility index (Phi) is 4.93. The van der Waals surface area contributed by atoms with Crippen LogP contribution in [0.4, 0.5) is 0 Å². The standard InChI is InChI=1S/C19H21N3O2/c1-2-22(12-14-8-4-3-5-9-14)13-17-18(19(23)21-20)15-10-6-7-11-16(15)24-17/h3-11H,2,12-13,20H2,1H3,(H,21,23). The van der Waals surface area contributed by atoms with Gasteiger partial charge in [-0.2, -0.15) is 0 Å². The van der Waals surface area contributed by atoms with Gasteiger partial charge in [0.15, 0.2) is 0 Å². The fourth-order valence-corrected chi connectivity index (χ4v) is 2.85. The summed E-state index contributed by atoms with van der Waals surface area (Å²) in [4.78, 5) is 14.4. The number of rotatable bonds is 6. The molecule has 0 fully saturated rings. The second-order valence-corrected chi connectivity index (χ2v) is 5.66. The third kappa shape index (κ3) is 3.32. The molecule has 3 rings (SSSR count). The SMILES string of the molecule is CCN(Cc1ccccc1)Cc1oc2ccccc2c1C(=O)NN. The minimum absolute atomic E-state index is 0.328. The number of para-hydroxylation sites is 1. The molecule has 3 N–H and O–H groups in total. The lowest BCUT2D eigenvalue weighted by molar-refractivity contribution is 0.0951. The van der Waals surface area contributed by atoms with Crippen LogP contribution < -0.4 is 11.3 Å². The van der Waals surface area contributed by atoms with Crippen molar-refractivity contribution in [2.24, 2.45) is 5.84 Å². The molecule has 3 aromatic rings. The third-order valence-electron chi connectivity index (χ3n) is 4.09. The number of nitrogen functional groups attached to an aromatic ring is 1. The van der Waals surface area contributed by atoms with Crippen molar-refractivity contribution < 1.29 is 9.21 Å². The van der Waals surface area contributed by atoms with Crippen molar-refractivity contribution in [1.29, 1.82) is 0 Å². The molecule has 2 aromatic carbocycles. The minimum atomic E-state index is -0.328. The average molecular weight is 323 g/mol. The average Bonchev–Trinajstić information content (AvgIpc) is 2.99. The highest BCUT2D eigenvalue weighted by molar-refractivity contribution is 6.07. The molecule has 5 nitrogen and oxygen atoms in total. The summed E-state index contributed by atoms with van der Waals surface area (Å²) in [5, 5.41) is 0.784. The summed E-state index contributed by atoms with van der Waals surface area (Å²) < 4.78 is 5.93. The van der Waals surface area contributed by atoms with Crippen LogP contribution in [0.3, 0.4) is 0 Å². The fourth-order valence-electron chi connectivity index (χ4n) is 2.85.